The van der Waals surface area contributed by atoms with Crippen LogP contribution in [0.2, 0.25) is 0 Å². The molecule has 2 rings (SSSR count). The van der Waals surface area contributed by atoms with Gasteiger partial charge in [0.2, 0.25) is 15.9 Å². The summed E-state index contributed by atoms with van der Waals surface area (Å²) in [7, 11) is -0.593. The van der Waals surface area contributed by atoms with Crippen LogP contribution in [-0.4, -0.2) is 46.8 Å². The molecule has 0 fully saturated rings. The van der Waals surface area contributed by atoms with Crippen molar-refractivity contribution in [2.45, 2.75) is 24.7 Å². The number of nitrogens with one attached hydrogen (secondary N) is 3. The molecule has 0 radical (unpaired) electrons. The predicted molar refractivity (Wildman–Crippen MR) is 126 cm³/mol. The number of hydrogen-bond acceptors (Lipinski definition) is 5. The number of anilines is 2. The summed E-state index contributed by atoms with van der Waals surface area (Å²) in [6, 6.07) is 13.5. The molecule has 10 heteroatoms. The molecule has 0 aliphatic rings. The molecule has 2 aromatic carbocycles. The lowest BCUT2D eigenvalue weighted by Crippen LogP contribution is -2.19. The summed E-state index contributed by atoms with van der Waals surface area (Å²) in [4.78, 5) is 24.4. The molecule has 3 N–H and O–H groups in total. The lowest BCUT2D eigenvalue weighted by atomic mass is 10.2. The van der Waals surface area contributed by atoms with Crippen molar-refractivity contribution in [2.24, 2.45) is 15.0 Å². The van der Waals surface area contributed by atoms with Crippen LogP contribution < -0.4 is 15.4 Å². The second-order valence-electron chi connectivity index (χ2n) is 6.35. The average Bonchev–Trinajstić information content (AvgIpc) is 2.78. The molecule has 9 nitrogen and oxygen atoms in total. The zero-order chi connectivity index (χ0) is 22.9. The Bertz CT molecular complexity index is 1110. The minimum Gasteiger partial charge on any atom is -0.344 e. The van der Waals surface area contributed by atoms with Gasteiger partial charge in [-0.05, 0) is 50.2 Å². The Balaban J connectivity index is 2.19. The van der Waals surface area contributed by atoms with Crippen LogP contribution in [0.5, 0.6) is 0 Å². The van der Waals surface area contributed by atoms with Gasteiger partial charge in [-0.15, -0.1) is 0 Å². The molecule has 0 saturated carbocycles. The van der Waals surface area contributed by atoms with E-state index in [1.165, 1.54) is 19.2 Å². The number of sulfonamides is 1. The second kappa shape index (κ2) is 11.1. The van der Waals surface area contributed by atoms with Gasteiger partial charge in [0.1, 0.15) is 11.7 Å². The Morgan fingerprint density at radius 3 is 2.35 bits per heavy atom. The van der Waals surface area contributed by atoms with E-state index >= 15 is 0 Å². The first kappa shape index (κ1) is 23.9. The van der Waals surface area contributed by atoms with Crippen molar-refractivity contribution in [2.75, 3.05) is 24.7 Å². The molecular weight excluding hydrogens is 416 g/mol. The molecule has 31 heavy (non-hydrogen) atoms. The predicted octanol–water partition coefficient (Wildman–Crippen LogP) is 3.20. The molecule has 1 amide bonds. The van der Waals surface area contributed by atoms with Crippen molar-refractivity contribution in [3.63, 3.8) is 0 Å². The molecule has 0 heterocycles. The largest absolute Gasteiger partial charge is 0.344 e. The number of amidine groups is 2. The number of nitrogens with zero attached hydrogens (tertiary/aromatic N) is 3. The number of rotatable bonds is 8. The molecule has 0 aliphatic heterocycles. The van der Waals surface area contributed by atoms with E-state index in [0.717, 1.165) is 0 Å². The van der Waals surface area contributed by atoms with Gasteiger partial charge < -0.3 is 10.6 Å². The first-order valence-electron chi connectivity index (χ1n) is 9.51. The smallest absolute Gasteiger partial charge is 0.240 e. The summed E-state index contributed by atoms with van der Waals surface area (Å²) in [6.45, 7) is 5.35. The van der Waals surface area contributed by atoms with E-state index in [-0.39, 0.29) is 17.2 Å². The monoisotopic (exact) mass is 442 g/mol. The number of benzene rings is 2. The van der Waals surface area contributed by atoms with Gasteiger partial charge in [0, 0.05) is 24.8 Å². The normalized spacial score (nSPS) is 12.4. The van der Waals surface area contributed by atoms with Crippen molar-refractivity contribution < 1.29 is 13.2 Å². The van der Waals surface area contributed by atoms with Gasteiger partial charge in [-0.1, -0.05) is 19.1 Å². The van der Waals surface area contributed by atoms with Crippen LogP contribution in [0.1, 0.15) is 19.8 Å². The molecule has 0 saturated heterocycles. The maximum Gasteiger partial charge on any atom is 0.240 e. The zero-order valence-corrected chi connectivity index (χ0v) is 18.5. The summed E-state index contributed by atoms with van der Waals surface area (Å²) in [5.74, 6) is 0.849. The fourth-order valence-electron chi connectivity index (χ4n) is 2.54. The Kier molecular flexibility index (Phi) is 8.59. The molecule has 0 atom stereocenters. The van der Waals surface area contributed by atoms with Gasteiger partial charge in [0.15, 0.2) is 0 Å². The molecule has 0 spiro atoms. The Morgan fingerprint density at radius 2 is 1.74 bits per heavy atom. The van der Waals surface area contributed by atoms with E-state index in [4.69, 9.17) is 0 Å². The van der Waals surface area contributed by atoms with E-state index in [1.54, 1.807) is 50.4 Å². The highest BCUT2D eigenvalue weighted by atomic mass is 32.2. The van der Waals surface area contributed by atoms with Crippen LogP contribution in [0.15, 0.2) is 68.4 Å². The van der Waals surface area contributed by atoms with Gasteiger partial charge >= 0.3 is 0 Å². The van der Waals surface area contributed by atoms with E-state index in [2.05, 4.69) is 37.1 Å². The van der Waals surface area contributed by atoms with Crippen molar-refractivity contribution in [1.82, 2.24) is 4.72 Å². The van der Waals surface area contributed by atoms with Crippen molar-refractivity contribution in [1.29, 1.82) is 0 Å². The SMILES string of the molecule is C=NC(CC(=NC)Nc1cccc(S(=O)(=O)NC)c1)=Nc1cccc(NC(=O)CC)c1. The Morgan fingerprint density at radius 1 is 1.06 bits per heavy atom. The summed E-state index contributed by atoms with van der Waals surface area (Å²) in [5.41, 5.74) is 1.81. The molecule has 0 unspecified atom stereocenters. The fraction of sp³-hybridized carbons (Fsp3) is 0.238. The number of carbonyl (C=O) groups excluding carboxylic acids is 1. The van der Waals surface area contributed by atoms with Crippen LogP contribution >= 0.6 is 0 Å². The van der Waals surface area contributed by atoms with Crippen LogP contribution in [0, 0.1) is 0 Å². The lowest BCUT2D eigenvalue weighted by Gasteiger charge is -2.11. The lowest BCUT2D eigenvalue weighted by molar-refractivity contribution is -0.115. The highest BCUT2D eigenvalue weighted by Crippen LogP contribution is 2.20. The van der Waals surface area contributed by atoms with Gasteiger partial charge in [-0.25, -0.2) is 23.1 Å². The number of aliphatic imine (C=N–C) groups is 3. The molecule has 0 bridgehead atoms. The number of amides is 1. The zero-order valence-electron chi connectivity index (χ0n) is 17.7. The summed E-state index contributed by atoms with van der Waals surface area (Å²) in [6.07, 6.45) is 0.625. The second-order valence-corrected chi connectivity index (χ2v) is 8.23. The first-order valence-corrected chi connectivity index (χ1v) is 11.0. The maximum atomic E-state index is 12.0. The minimum absolute atomic E-state index is 0.0877. The first-order chi connectivity index (χ1) is 14.8. The van der Waals surface area contributed by atoms with Gasteiger partial charge in [0.05, 0.1) is 17.0 Å². The number of carbonyl (C=O) groups is 1. The standard InChI is InChI=1S/C21H26N6O3S/c1-5-21(28)27-16-9-6-8-15(12-16)25-19(22-2)14-20(23-3)26-17-10-7-11-18(13-17)31(29,30)24-4/h6-13,24H,2,5,14H2,1,3-4H3,(H,23,26)(H,27,28). The fourth-order valence-corrected chi connectivity index (χ4v) is 3.31. The molecule has 2 aromatic rings. The van der Waals surface area contributed by atoms with Gasteiger partial charge in [-0.3, -0.25) is 9.79 Å². The summed E-state index contributed by atoms with van der Waals surface area (Å²) >= 11 is 0. The van der Waals surface area contributed by atoms with Gasteiger partial charge in [-0.2, -0.15) is 0 Å². The van der Waals surface area contributed by atoms with E-state index in [0.29, 0.717) is 35.2 Å². The highest BCUT2D eigenvalue weighted by Gasteiger charge is 2.12. The van der Waals surface area contributed by atoms with Crippen LogP contribution in [0.4, 0.5) is 17.1 Å². The minimum atomic E-state index is -3.56. The van der Waals surface area contributed by atoms with Gasteiger partial charge in [0.25, 0.3) is 0 Å². The maximum absolute atomic E-state index is 12.0. The molecule has 0 aliphatic carbocycles. The topological polar surface area (TPSA) is 124 Å². The van der Waals surface area contributed by atoms with Crippen molar-refractivity contribution in [3.8, 4) is 0 Å². The van der Waals surface area contributed by atoms with Crippen LogP contribution in [0.3, 0.4) is 0 Å². The van der Waals surface area contributed by atoms with E-state index in [1.807, 2.05) is 0 Å². The van der Waals surface area contributed by atoms with Crippen molar-refractivity contribution in [3.05, 3.63) is 48.5 Å². The molecule has 0 aromatic heterocycles. The third-order valence-corrected chi connectivity index (χ3v) is 5.60. The number of hydrogen-bond donors (Lipinski definition) is 3. The van der Waals surface area contributed by atoms with Crippen LogP contribution in [0.25, 0.3) is 0 Å². The average molecular weight is 443 g/mol. The summed E-state index contributed by atoms with van der Waals surface area (Å²) < 4.78 is 26.3. The van der Waals surface area contributed by atoms with Crippen molar-refractivity contribution >= 4 is 51.4 Å². The Labute approximate surface area is 182 Å². The third-order valence-electron chi connectivity index (χ3n) is 4.19. The third kappa shape index (κ3) is 7.12. The summed E-state index contributed by atoms with van der Waals surface area (Å²) in [5, 5.41) is 5.88. The quantitative estimate of drug-likeness (QED) is 0.429. The van der Waals surface area contributed by atoms with E-state index in [9.17, 15) is 13.2 Å². The molecular formula is C21H26N6O3S. The highest BCUT2D eigenvalue weighted by molar-refractivity contribution is 7.89. The molecule has 164 valence electrons. The van der Waals surface area contributed by atoms with Crippen LogP contribution in [-0.2, 0) is 14.8 Å². The van der Waals surface area contributed by atoms with E-state index < -0.39 is 10.0 Å². The Hall–Kier alpha value is -3.37.